The largest absolute Gasteiger partial charge is 0.466 e. The molecule has 4 atom stereocenters. The number of ether oxygens (including phenoxy) is 5. The number of anilines is 1. The average Bonchev–Trinajstić information content (AvgIpc) is 3.26. The Morgan fingerprint density at radius 2 is 1.57 bits per heavy atom. The van der Waals surface area contributed by atoms with Gasteiger partial charge in [0.05, 0.1) is 31.5 Å². The summed E-state index contributed by atoms with van der Waals surface area (Å²) in [5.41, 5.74) is 2.40. The fourth-order valence-corrected chi connectivity index (χ4v) is 5.27. The average molecular weight is 508 g/mol. The van der Waals surface area contributed by atoms with Gasteiger partial charge in [0.25, 0.3) is 0 Å². The van der Waals surface area contributed by atoms with Crippen LogP contribution >= 0.6 is 11.6 Å². The zero-order chi connectivity index (χ0) is 25.7. The third-order valence-electron chi connectivity index (χ3n) is 6.63. The lowest BCUT2D eigenvalue weighted by Gasteiger charge is -2.38. The van der Waals surface area contributed by atoms with Crippen LogP contribution in [0.25, 0.3) is 0 Å². The van der Waals surface area contributed by atoms with Crippen molar-refractivity contribution in [1.82, 2.24) is 0 Å². The van der Waals surface area contributed by atoms with Crippen molar-refractivity contribution in [1.29, 1.82) is 0 Å². The van der Waals surface area contributed by atoms with Gasteiger partial charge in [0, 0.05) is 28.0 Å². The second kappa shape index (κ2) is 9.55. The minimum absolute atomic E-state index is 0.110. The summed E-state index contributed by atoms with van der Waals surface area (Å²) >= 11 is 6.07. The summed E-state index contributed by atoms with van der Waals surface area (Å²) in [5, 5.41) is 11.5. The van der Waals surface area contributed by atoms with Crippen LogP contribution in [0, 0.1) is 5.92 Å². The number of esters is 2. The maximum absolute atomic E-state index is 13.1. The Kier molecular flexibility index (Phi) is 7.00. The van der Waals surface area contributed by atoms with Crippen molar-refractivity contribution in [2.24, 2.45) is 5.92 Å². The van der Waals surface area contributed by atoms with Crippen LogP contribution in [0.4, 0.5) is 5.69 Å². The predicted octanol–water partition coefficient (Wildman–Crippen LogP) is 3.30. The molecule has 4 rings (SSSR count). The van der Waals surface area contributed by atoms with E-state index < -0.39 is 48.2 Å². The number of benzene rings is 1. The van der Waals surface area contributed by atoms with E-state index in [1.807, 2.05) is 0 Å². The first-order valence-electron chi connectivity index (χ1n) is 11.3. The fourth-order valence-electron chi connectivity index (χ4n) is 5.14. The number of fused-ring (bicyclic) bond motifs is 1. The van der Waals surface area contributed by atoms with E-state index in [4.69, 9.17) is 35.3 Å². The van der Waals surface area contributed by atoms with E-state index in [1.165, 1.54) is 14.2 Å². The van der Waals surface area contributed by atoms with Crippen molar-refractivity contribution < 1.29 is 38.4 Å². The molecule has 3 aliphatic heterocycles. The molecule has 0 bridgehead atoms. The van der Waals surface area contributed by atoms with Gasteiger partial charge in [-0.3, -0.25) is 0 Å². The minimum Gasteiger partial charge on any atom is -0.466 e. The van der Waals surface area contributed by atoms with Crippen LogP contribution in [0.15, 0.2) is 46.8 Å². The number of rotatable bonds is 5. The lowest BCUT2D eigenvalue weighted by Crippen LogP contribution is -2.40. The molecule has 3 aliphatic rings. The molecular weight excluding hydrogens is 478 g/mol. The molecule has 0 aliphatic carbocycles. The zero-order valence-electron chi connectivity index (χ0n) is 20.5. The first kappa shape index (κ1) is 25.7. The Morgan fingerprint density at radius 1 is 1.03 bits per heavy atom. The summed E-state index contributed by atoms with van der Waals surface area (Å²) in [6.45, 7) is 7.04. The van der Waals surface area contributed by atoms with Gasteiger partial charge in [0.15, 0.2) is 12.1 Å². The lowest BCUT2D eigenvalue weighted by atomic mass is 9.80. The van der Waals surface area contributed by atoms with Crippen LogP contribution < -0.4 is 4.90 Å². The van der Waals surface area contributed by atoms with Crippen molar-refractivity contribution in [2.75, 3.05) is 19.1 Å². The zero-order valence-corrected chi connectivity index (χ0v) is 21.3. The summed E-state index contributed by atoms with van der Waals surface area (Å²) in [6.07, 6.45) is -3.10. The monoisotopic (exact) mass is 507 g/mol. The molecule has 1 N–H and O–H groups in total. The number of aliphatic hydroxyl groups is 1. The molecule has 2 fully saturated rings. The molecule has 35 heavy (non-hydrogen) atoms. The Balaban J connectivity index is 1.76. The molecule has 1 aromatic carbocycles. The van der Waals surface area contributed by atoms with Crippen molar-refractivity contribution in [3.05, 3.63) is 51.8 Å². The van der Waals surface area contributed by atoms with Gasteiger partial charge in [0.2, 0.25) is 0 Å². The Hall–Kier alpha value is -2.43. The number of allylic oxidation sites excluding steroid dienone is 2. The third-order valence-corrected chi connectivity index (χ3v) is 6.88. The van der Waals surface area contributed by atoms with Crippen LogP contribution in [0.1, 0.15) is 34.1 Å². The smallest absolute Gasteiger partial charge is 0.336 e. The standard InChI is InChI=1S/C25H30ClNO8/c1-12-18(22(29)31-5)16(11-17-20(28)21-24(33-17)35-25(3,4)34-21)19(23(30)32-6)13(2)27(12)15-9-7-14(26)8-10-15/h7-10,16-17,20-21,24,28H,11H2,1-6H3/t17?,20-,21+,24+/m1/s1. The summed E-state index contributed by atoms with van der Waals surface area (Å²) in [5.74, 6) is -2.83. The highest BCUT2D eigenvalue weighted by molar-refractivity contribution is 6.30. The number of halogens is 1. The topological polar surface area (TPSA) is 104 Å². The molecule has 2 saturated heterocycles. The van der Waals surface area contributed by atoms with E-state index in [0.29, 0.717) is 22.1 Å². The SMILES string of the molecule is COC(=O)C1=C(C)N(c2ccc(Cl)cc2)C(C)=C(C(=O)OC)C1CC1O[C@H]2OC(C)(C)O[C@H]2[C@@H]1O. The van der Waals surface area contributed by atoms with Gasteiger partial charge >= 0.3 is 11.9 Å². The lowest BCUT2D eigenvalue weighted by molar-refractivity contribution is -0.216. The van der Waals surface area contributed by atoms with Crippen molar-refractivity contribution >= 4 is 29.2 Å². The Labute approximate surface area is 209 Å². The van der Waals surface area contributed by atoms with Crippen LogP contribution in [-0.4, -0.2) is 61.7 Å². The molecule has 0 amide bonds. The van der Waals surface area contributed by atoms with Crippen LogP contribution in [0.2, 0.25) is 5.02 Å². The molecule has 0 saturated carbocycles. The van der Waals surface area contributed by atoms with Crippen molar-refractivity contribution in [3.8, 4) is 0 Å². The number of aliphatic hydroxyl groups excluding tert-OH is 1. The predicted molar refractivity (Wildman–Crippen MR) is 126 cm³/mol. The number of hydrogen-bond acceptors (Lipinski definition) is 9. The van der Waals surface area contributed by atoms with Gasteiger partial charge in [0.1, 0.15) is 12.2 Å². The number of nitrogens with zero attached hydrogens (tertiary/aromatic N) is 1. The molecule has 3 heterocycles. The molecule has 0 radical (unpaired) electrons. The van der Waals surface area contributed by atoms with E-state index in [2.05, 4.69) is 0 Å². The fraction of sp³-hybridized carbons (Fsp3) is 0.520. The summed E-state index contributed by atoms with van der Waals surface area (Å²) in [4.78, 5) is 27.9. The van der Waals surface area contributed by atoms with Crippen molar-refractivity contribution in [3.63, 3.8) is 0 Å². The van der Waals surface area contributed by atoms with Crippen LogP contribution in [0.5, 0.6) is 0 Å². The van der Waals surface area contributed by atoms with Gasteiger partial charge < -0.3 is 33.7 Å². The van der Waals surface area contributed by atoms with E-state index in [1.54, 1.807) is 56.9 Å². The van der Waals surface area contributed by atoms with E-state index >= 15 is 0 Å². The second-order valence-electron chi connectivity index (χ2n) is 9.22. The highest BCUT2D eigenvalue weighted by Gasteiger charge is 2.55. The Morgan fingerprint density at radius 3 is 2.06 bits per heavy atom. The highest BCUT2D eigenvalue weighted by Crippen LogP contribution is 2.45. The molecular formula is C25H30ClNO8. The van der Waals surface area contributed by atoms with Crippen LogP contribution in [-0.2, 0) is 33.3 Å². The molecule has 1 aromatic rings. The van der Waals surface area contributed by atoms with E-state index in [9.17, 15) is 14.7 Å². The number of carbonyl (C=O) groups excluding carboxylic acids is 2. The van der Waals surface area contributed by atoms with Gasteiger partial charge in [-0.15, -0.1) is 0 Å². The van der Waals surface area contributed by atoms with E-state index in [-0.39, 0.29) is 17.6 Å². The Bertz CT molecular complexity index is 1040. The second-order valence-corrected chi connectivity index (χ2v) is 9.65. The maximum Gasteiger partial charge on any atom is 0.336 e. The molecule has 0 spiro atoms. The number of carbonyl (C=O) groups is 2. The van der Waals surface area contributed by atoms with E-state index in [0.717, 1.165) is 0 Å². The van der Waals surface area contributed by atoms with Gasteiger partial charge in [-0.05, 0) is 58.4 Å². The first-order valence-corrected chi connectivity index (χ1v) is 11.7. The highest BCUT2D eigenvalue weighted by atomic mass is 35.5. The summed E-state index contributed by atoms with van der Waals surface area (Å²) in [7, 11) is 2.56. The van der Waals surface area contributed by atoms with Gasteiger partial charge in [-0.1, -0.05) is 11.6 Å². The third kappa shape index (κ3) is 4.59. The van der Waals surface area contributed by atoms with Crippen molar-refractivity contribution in [2.45, 2.75) is 64.5 Å². The molecule has 1 unspecified atom stereocenters. The first-order chi connectivity index (χ1) is 16.5. The number of hydrogen-bond donors (Lipinski definition) is 1. The van der Waals surface area contributed by atoms with Gasteiger partial charge in [-0.2, -0.15) is 0 Å². The normalized spacial score (nSPS) is 28.4. The van der Waals surface area contributed by atoms with Gasteiger partial charge in [-0.25, -0.2) is 9.59 Å². The molecule has 0 aromatic heterocycles. The summed E-state index contributed by atoms with van der Waals surface area (Å²) < 4.78 is 27.8. The molecule has 9 nitrogen and oxygen atoms in total. The maximum atomic E-state index is 13.1. The minimum atomic E-state index is -1.02. The summed E-state index contributed by atoms with van der Waals surface area (Å²) in [6, 6.07) is 7.03. The number of methoxy groups -OCH3 is 2. The molecule has 190 valence electrons. The van der Waals surface area contributed by atoms with Crippen LogP contribution in [0.3, 0.4) is 0 Å². The molecule has 10 heteroatoms. The quantitative estimate of drug-likeness (QED) is 0.601.